The lowest BCUT2D eigenvalue weighted by Gasteiger charge is -2.33. The van der Waals surface area contributed by atoms with Gasteiger partial charge in [0.15, 0.2) is 11.6 Å². The van der Waals surface area contributed by atoms with Crippen molar-refractivity contribution in [2.24, 2.45) is 7.05 Å². The van der Waals surface area contributed by atoms with Gasteiger partial charge < -0.3 is 15.0 Å². The molecule has 2 amide bonds. The maximum atomic E-state index is 14.9. The van der Waals surface area contributed by atoms with Gasteiger partial charge in [-0.25, -0.2) is 22.9 Å². The van der Waals surface area contributed by atoms with Crippen molar-refractivity contribution < 1.29 is 23.1 Å². The fourth-order valence-corrected chi connectivity index (χ4v) is 4.22. The van der Waals surface area contributed by atoms with E-state index in [1.54, 1.807) is 16.6 Å². The highest BCUT2D eigenvalue weighted by Gasteiger charge is 2.34. The maximum absolute atomic E-state index is 14.9. The molecule has 0 spiro atoms. The van der Waals surface area contributed by atoms with Crippen molar-refractivity contribution in [1.29, 1.82) is 0 Å². The number of amides is 2. The number of nitrogens with zero attached hydrogens (tertiary/aromatic N) is 6. The van der Waals surface area contributed by atoms with E-state index in [9.17, 15) is 18.4 Å². The first kappa shape index (κ1) is 22.1. The van der Waals surface area contributed by atoms with Crippen molar-refractivity contribution in [3.05, 3.63) is 28.5 Å². The second-order valence-electron chi connectivity index (χ2n) is 7.86. The molecule has 1 atom stereocenters. The number of hydrogen-bond acceptors (Lipinski definition) is 7. The summed E-state index contributed by atoms with van der Waals surface area (Å²) in [6.45, 7) is 2.40. The molecule has 13 heteroatoms. The summed E-state index contributed by atoms with van der Waals surface area (Å²) >= 11 is 5.29. The number of rotatable bonds is 5. The smallest absolute Gasteiger partial charge is 0.414 e. The van der Waals surface area contributed by atoms with Crippen LogP contribution in [0.1, 0.15) is 25.8 Å². The van der Waals surface area contributed by atoms with Gasteiger partial charge in [0.2, 0.25) is 10.7 Å². The Kier molecular flexibility index (Phi) is 6.09. The van der Waals surface area contributed by atoms with Crippen LogP contribution in [-0.4, -0.2) is 64.1 Å². The van der Waals surface area contributed by atoms with Crippen molar-refractivity contribution in [2.75, 3.05) is 36.0 Å². The Hall–Kier alpha value is -3.09. The van der Waals surface area contributed by atoms with E-state index in [2.05, 4.69) is 15.7 Å². The van der Waals surface area contributed by atoms with Gasteiger partial charge in [0.25, 0.3) is 0 Å². The van der Waals surface area contributed by atoms with Crippen molar-refractivity contribution in [1.82, 2.24) is 25.1 Å². The predicted octanol–water partition coefficient (Wildman–Crippen LogP) is 1.93. The number of benzene rings is 1. The van der Waals surface area contributed by atoms with E-state index in [1.165, 1.54) is 11.6 Å². The molecule has 32 heavy (non-hydrogen) atoms. The molecule has 2 fully saturated rings. The van der Waals surface area contributed by atoms with Gasteiger partial charge in [-0.15, -0.1) is 0 Å². The number of carbonyl (C=O) groups is 2. The average molecular weight is 468 g/mol. The molecule has 3 heterocycles. The fourth-order valence-electron chi connectivity index (χ4n) is 4.00. The Labute approximate surface area is 187 Å². The minimum absolute atomic E-state index is 0.0118. The van der Waals surface area contributed by atoms with Gasteiger partial charge in [-0.1, -0.05) is 0 Å². The lowest BCUT2D eigenvalue weighted by atomic mass is 10.0. The van der Waals surface area contributed by atoms with Gasteiger partial charge in [0.1, 0.15) is 11.8 Å². The average Bonchev–Trinajstić information content (AvgIpc) is 3.28. The minimum Gasteiger partial charge on any atom is -0.442 e. The van der Waals surface area contributed by atoms with E-state index in [1.807, 2.05) is 0 Å². The van der Waals surface area contributed by atoms with Crippen LogP contribution in [0.4, 0.5) is 25.0 Å². The van der Waals surface area contributed by atoms with Crippen LogP contribution in [0.25, 0.3) is 0 Å². The lowest BCUT2D eigenvalue weighted by Crippen LogP contribution is -2.36. The molecule has 0 radical (unpaired) electrons. The summed E-state index contributed by atoms with van der Waals surface area (Å²) in [6.07, 6.45) is -0.0918. The third kappa shape index (κ3) is 4.29. The van der Waals surface area contributed by atoms with Gasteiger partial charge in [0, 0.05) is 39.2 Å². The standard InChI is InChI=1S/C19H23F2N7O3S/c1-11(29)22-9-14-10-27(19(30)31-14)13-7-15(20)17(16(21)8-13)26-5-3-12(4-6-26)28-18(32)25(2)23-24-28/h7-8,12,14H,3-6,9-10H2,1-2H3,(H,22,29). The van der Waals surface area contributed by atoms with E-state index in [-0.39, 0.29) is 36.4 Å². The van der Waals surface area contributed by atoms with E-state index in [0.717, 1.165) is 17.0 Å². The number of halogens is 2. The van der Waals surface area contributed by atoms with Crippen LogP contribution in [0, 0.1) is 16.4 Å². The molecule has 1 aromatic carbocycles. The first-order valence-corrected chi connectivity index (χ1v) is 10.6. The van der Waals surface area contributed by atoms with Gasteiger partial charge in [0.05, 0.1) is 24.8 Å². The van der Waals surface area contributed by atoms with Crippen LogP contribution in [-0.2, 0) is 16.6 Å². The maximum Gasteiger partial charge on any atom is 0.414 e. The molecule has 1 unspecified atom stereocenters. The highest BCUT2D eigenvalue weighted by Crippen LogP contribution is 2.34. The van der Waals surface area contributed by atoms with E-state index < -0.39 is 23.8 Å². The monoisotopic (exact) mass is 467 g/mol. The number of ether oxygens (including phenoxy) is 1. The quantitative estimate of drug-likeness (QED) is 0.671. The Morgan fingerprint density at radius 1 is 1.25 bits per heavy atom. The molecular weight excluding hydrogens is 444 g/mol. The van der Waals surface area contributed by atoms with Crippen LogP contribution in [0.2, 0.25) is 0 Å². The minimum atomic E-state index is -0.757. The highest BCUT2D eigenvalue weighted by atomic mass is 32.1. The number of piperidine rings is 1. The molecule has 172 valence electrons. The molecule has 1 N–H and O–H groups in total. The zero-order valence-electron chi connectivity index (χ0n) is 17.6. The Morgan fingerprint density at radius 2 is 1.91 bits per heavy atom. The fraction of sp³-hybridized carbons (Fsp3) is 0.526. The number of aromatic nitrogens is 4. The van der Waals surface area contributed by atoms with Crippen LogP contribution >= 0.6 is 12.2 Å². The molecular formula is C19H23F2N7O3S. The normalized spacial score (nSPS) is 19.4. The summed E-state index contributed by atoms with van der Waals surface area (Å²) in [5, 5.41) is 10.5. The summed E-state index contributed by atoms with van der Waals surface area (Å²) in [7, 11) is 1.71. The number of cyclic esters (lactones) is 1. The molecule has 2 aliphatic heterocycles. The Balaban J connectivity index is 1.46. The van der Waals surface area contributed by atoms with Gasteiger partial charge >= 0.3 is 6.09 Å². The van der Waals surface area contributed by atoms with Gasteiger partial charge in [-0.2, -0.15) is 0 Å². The second-order valence-corrected chi connectivity index (χ2v) is 8.22. The number of nitrogens with one attached hydrogen (secondary N) is 1. The molecule has 2 aliphatic rings. The summed E-state index contributed by atoms with van der Waals surface area (Å²) in [5.74, 6) is -1.77. The number of carbonyl (C=O) groups excluding carboxylic acids is 2. The molecule has 4 rings (SSSR count). The summed E-state index contributed by atoms with van der Waals surface area (Å²) < 4.78 is 38.7. The number of anilines is 2. The Morgan fingerprint density at radius 3 is 2.47 bits per heavy atom. The van der Waals surface area contributed by atoms with Crippen molar-refractivity contribution in [3.63, 3.8) is 0 Å². The molecule has 0 bridgehead atoms. The zero-order valence-corrected chi connectivity index (χ0v) is 18.4. The first-order chi connectivity index (χ1) is 15.2. The summed E-state index contributed by atoms with van der Waals surface area (Å²) in [5.41, 5.74) is -0.0582. The van der Waals surface area contributed by atoms with Crippen molar-refractivity contribution >= 4 is 35.6 Å². The van der Waals surface area contributed by atoms with E-state index >= 15 is 0 Å². The van der Waals surface area contributed by atoms with Gasteiger partial charge in [-0.3, -0.25) is 9.69 Å². The Bertz CT molecular complexity index is 1070. The molecule has 2 aromatic rings. The molecule has 1 aromatic heterocycles. The molecule has 10 nitrogen and oxygen atoms in total. The van der Waals surface area contributed by atoms with Crippen molar-refractivity contribution in [2.45, 2.75) is 31.9 Å². The third-order valence-electron chi connectivity index (χ3n) is 5.64. The number of tetrazole rings is 1. The highest BCUT2D eigenvalue weighted by molar-refractivity contribution is 7.71. The van der Waals surface area contributed by atoms with Crippen molar-refractivity contribution in [3.8, 4) is 0 Å². The van der Waals surface area contributed by atoms with Crippen LogP contribution < -0.4 is 15.1 Å². The van der Waals surface area contributed by atoms with E-state index in [4.69, 9.17) is 17.0 Å². The topological polar surface area (TPSA) is 97.5 Å². The lowest BCUT2D eigenvalue weighted by molar-refractivity contribution is -0.119. The van der Waals surface area contributed by atoms with E-state index in [0.29, 0.717) is 30.7 Å². The largest absolute Gasteiger partial charge is 0.442 e. The molecule has 0 aliphatic carbocycles. The summed E-state index contributed by atoms with van der Waals surface area (Å²) in [4.78, 5) is 26.0. The molecule has 2 saturated heterocycles. The zero-order chi connectivity index (χ0) is 23.0. The second kappa shape index (κ2) is 8.81. The molecule has 0 saturated carbocycles. The predicted molar refractivity (Wildman–Crippen MR) is 113 cm³/mol. The van der Waals surface area contributed by atoms with Crippen LogP contribution in [0.3, 0.4) is 0 Å². The van der Waals surface area contributed by atoms with Crippen LogP contribution in [0.15, 0.2) is 12.1 Å². The summed E-state index contributed by atoms with van der Waals surface area (Å²) in [6, 6.07) is 2.27. The van der Waals surface area contributed by atoms with Crippen LogP contribution in [0.5, 0.6) is 0 Å². The van der Waals surface area contributed by atoms with Gasteiger partial charge in [-0.05, 0) is 35.5 Å². The third-order valence-corrected chi connectivity index (χ3v) is 6.09. The number of hydrogen-bond donors (Lipinski definition) is 1. The SMILES string of the molecule is CC(=O)NCC1CN(c2cc(F)c(N3CCC(n4nnn(C)c4=S)CC3)c(F)c2)C(=O)O1. The first-order valence-electron chi connectivity index (χ1n) is 10.2. The number of aryl methyl sites for hydroxylation is 1.